The Morgan fingerprint density at radius 3 is 2.03 bits per heavy atom. The van der Waals surface area contributed by atoms with Gasteiger partial charge in [0, 0.05) is 0 Å². The van der Waals surface area contributed by atoms with E-state index in [0.717, 1.165) is 25.9 Å². The summed E-state index contributed by atoms with van der Waals surface area (Å²) in [6, 6.07) is 25.6. The highest BCUT2D eigenvalue weighted by molar-refractivity contribution is 5.92. The highest BCUT2D eigenvalue weighted by Gasteiger charge is 2.22. The smallest absolute Gasteiger partial charge is 0.344 e. The summed E-state index contributed by atoms with van der Waals surface area (Å²) in [5, 5.41) is 7.06. The monoisotopic (exact) mass is 468 g/mol. The van der Waals surface area contributed by atoms with E-state index >= 15 is 0 Å². The summed E-state index contributed by atoms with van der Waals surface area (Å²) in [4.78, 5) is 39.9. The second kappa shape index (κ2) is 10.3. The Morgan fingerprint density at radius 2 is 1.43 bits per heavy atom. The van der Waals surface area contributed by atoms with Crippen molar-refractivity contribution in [2.24, 2.45) is 0 Å². The molecule has 7 heteroatoms. The number of amides is 1. The van der Waals surface area contributed by atoms with Gasteiger partial charge in [0.05, 0.1) is 18.3 Å². The Hall–Kier alpha value is -4.26. The molecule has 0 bridgehead atoms. The molecule has 0 saturated heterocycles. The number of rotatable bonds is 7. The summed E-state index contributed by atoms with van der Waals surface area (Å²) in [5.74, 6) is -0.317. The summed E-state index contributed by atoms with van der Waals surface area (Å²) in [6.45, 7) is 6.02. The van der Waals surface area contributed by atoms with E-state index in [9.17, 15) is 14.4 Å². The number of hydrogen-bond acceptors (Lipinski definition) is 4. The third-order valence-corrected chi connectivity index (χ3v) is 5.91. The molecule has 1 N–H and O–H groups in total. The van der Waals surface area contributed by atoms with Crippen LogP contribution in [0, 0.1) is 0 Å². The van der Waals surface area contributed by atoms with Crippen molar-refractivity contribution < 1.29 is 4.79 Å². The molecule has 1 atom stereocenters. The minimum Gasteiger partial charge on any atom is -0.344 e. The minimum absolute atomic E-state index is 0.0274. The molecule has 178 valence electrons. The van der Waals surface area contributed by atoms with Crippen LogP contribution in [0.4, 0.5) is 0 Å². The van der Waals surface area contributed by atoms with Gasteiger partial charge in [-0.2, -0.15) is 9.78 Å². The lowest BCUT2D eigenvalue weighted by Gasteiger charge is -2.16. The van der Waals surface area contributed by atoms with Crippen LogP contribution in [0.1, 0.15) is 59.9 Å². The molecule has 0 aliphatic carbocycles. The van der Waals surface area contributed by atoms with Gasteiger partial charge in [0.1, 0.15) is 0 Å². The summed E-state index contributed by atoms with van der Waals surface area (Å²) >= 11 is 0. The minimum atomic E-state index is -0.730. The second-order valence-corrected chi connectivity index (χ2v) is 8.77. The van der Waals surface area contributed by atoms with E-state index in [1.54, 1.807) is 12.1 Å². The number of aromatic nitrogens is 3. The molecule has 1 heterocycles. The van der Waals surface area contributed by atoms with E-state index in [2.05, 4.69) is 24.3 Å². The fourth-order valence-corrected chi connectivity index (χ4v) is 3.82. The fourth-order valence-electron chi connectivity index (χ4n) is 3.82. The standard InChI is InChI=1S/C28H28N4O3/c1-19(2)22-14-16-24(17-15-22)32-28(35)31(18-21-10-6-4-7-11-21)27(34)25(30-32)26(33)29-20(3)23-12-8-5-9-13-23/h4-17,19-20H,18H2,1-3H3,(H,29,33)/t20-/m0/s1. The zero-order valence-electron chi connectivity index (χ0n) is 20.0. The molecular weight excluding hydrogens is 440 g/mol. The molecule has 1 aromatic heterocycles. The lowest BCUT2D eigenvalue weighted by atomic mass is 10.0. The van der Waals surface area contributed by atoms with E-state index in [0.29, 0.717) is 11.6 Å². The molecular formula is C28H28N4O3. The molecule has 0 fully saturated rings. The molecule has 0 aliphatic heterocycles. The van der Waals surface area contributed by atoms with Crippen LogP contribution in [-0.2, 0) is 6.54 Å². The summed E-state index contributed by atoms with van der Waals surface area (Å²) in [7, 11) is 0. The van der Waals surface area contributed by atoms with E-state index < -0.39 is 17.2 Å². The van der Waals surface area contributed by atoms with Crippen molar-refractivity contribution >= 4 is 5.91 Å². The predicted molar refractivity (Wildman–Crippen MR) is 136 cm³/mol. The highest BCUT2D eigenvalue weighted by atomic mass is 16.2. The maximum Gasteiger partial charge on any atom is 0.352 e. The van der Waals surface area contributed by atoms with Gasteiger partial charge in [-0.3, -0.25) is 14.2 Å². The zero-order chi connectivity index (χ0) is 24.9. The van der Waals surface area contributed by atoms with Crippen LogP contribution >= 0.6 is 0 Å². The van der Waals surface area contributed by atoms with Crippen molar-refractivity contribution in [1.82, 2.24) is 19.7 Å². The summed E-state index contributed by atoms with van der Waals surface area (Å²) in [6.07, 6.45) is 0. The van der Waals surface area contributed by atoms with Crippen LogP contribution in [0.2, 0.25) is 0 Å². The lowest BCUT2D eigenvalue weighted by Crippen LogP contribution is -2.46. The molecule has 1 amide bonds. The predicted octanol–water partition coefficient (Wildman–Crippen LogP) is 4.06. The Balaban J connectivity index is 1.79. The largest absolute Gasteiger partial charge is 0.352 e. The molecule has 35 heavy (non-hydrogen) atoms. The van der Waals surface area contributed by atoms with Gasteiger partial charge in [0.25, 0.3) is 11.5 Å². The number of hydrogen-bond donors (Lipinski definition) is 1. The van der Waals surface area contributed by atoms with E-state index in [4.69, 9.17) is 0 Å². The van der Waals surface area contributed by atoms with Crippen molar-refractivity contribution in [3.05, 3.63) is 128 Å². The molecule has 0 unspecified atom stereocenters. The van der Waals surface area contributed by atoms with Gasteiger partial charge in [-0.05, 0) is 41.7 Å². The first-order chi connectivity index (χ1) is 16.8. The van der Waals surface area contributed by atoms with E-state index in [1.807, 2.05) is 79.7 Å². The van der Waals surface area contributed by atoms with Crippen LogP contribution in [0.25, 0.3) is 5.69 Å². The molecule has 0 radical (unpaired) electrons. The Kier molecular flexibility index (Phi) is 7.06. The number of benzene rings is 3. The third-order valence-electron chi connectivity index (χ3n) is 5.91. The zero-order valence-corrected chi connectivity index (χ0v) is 20.0. The van der Waals surface area contributed by atoms with Gasteiger partial charge in [0.2, 0.25) is 5.69 Å². The maximum atomic E-state index is 13.4. The highest BCUT2D eigenvalue weighted by Crippen LogP contribution is 2.16. The lowest BCUT2D eigenvalue weighted by molar-refractivity contribution is 0.0930. The van der Waals surface area contributed by atoms with Crippen LogP contribution in [0.15, 0.2) is 94.5 Å². The van der Waals surface area contributed by atoms with Crippen LogP contribution in [0.5, 0.6) is 0 Å². The Bertz CT molecular complexity index is 1420. The van der Waals surface area contributed by atoms with Gasteiger partial charge in [-0.25, -0.2) is 4.79 Å². The molecule has 4 aromatic rings. The van der Waals surface area contributed by atoms with Gasteiger partial charge < -0.3 is 5.32 Å². The van der Waals surface area contributed by atoms with Crippen LogP contribution < -0.4 is 16.6 Å². The number of nitrogens with zero attached hydrogens (tertiary/aromatic N) is 3. The molecule has 3 aromatic carbocycles. The van der Waals surface area contributed by atoms with E-state index in [1.165, 1.54) is 0 Å². The first-order valence-electron chi connectivity index (χ1n) is 11.6. The maximum absolute atomic E-state index is 13.4. The molecule has 0 aliphatic rings. The van der Waals surface area contributed by atoms with Gasteiger partial charge in [-0.1, -0.05) is 86.6 Å². The van der Waals surface area contributed by atoms with Crippen molar-refractivity contribution in [3.63, 3.8) is 0 Å². The van der Waals surface area contributed by atoms with Crippen molar-refractivity contribution in [2.45, 2.75) is 39.3 Å². The summed E-state index contributed by atoms with van der Waals surface area (Å²) < 4.78 is 2.18. The number of nitrogens with one attached hydrogen (secondary N) is 1. The Morgan fingerprint density at radius 1 is 0.829 bits per heavy atom. The average molecular weight is 469 g/mol. The van der Waals surface area contributed by atoms with Crippen LogP contribution in [0.3, 0.4) is 0 Å². The molecule has 0 spiro atoms. The number of carbonyl (C=O) groups is 1. The normalized spacial score (nSPS) is 11.9. The fraction of sp³-hybridized carbons (Fsp3) is 0.214. The van der Waals surface area contributed by atoms with Gasteiger partial charge in [-0.15, -0.1) is 0 Å². The number of carbonyl (C=O) groups excluding carboxylic acids is 1. The molecule has 0 saturated carbocycles. The quantitative estimate of drug-likeness (QED) is 0.443. The van der Waals surface area contributed by atoms with E-state index in [-0.39, 0.29) is 18.3 Å². The van der Waals surface area contributed by atoms with Crippen molar-refractivity contribution in [1.29, 1.82) is 0 Å². The topological polar surface area (TPSA) is 86.0 Å². The first kappa shape index (κ1) is 23.9. The van der Waals surface area contributed by atoms with Crippen LogP contribution in [-0.4, -0.2) is 20.3 Å². The molecule has 7 nitrogen and oxygen atoms in total. The summed E-state index contributed by atoms with van der Waals surface area (Å²) in [5.41, 5.74) is 1.57. The second-order valence-electron chi connectivity index (χ2n) is 8.77. The SMILES string of the molecule is CC(C)c1ccc(-n2nc(C(=O)N[C@@H](C)c3ccccc3)c(=O)n(Cc3ccccc3)c2=O)cc1. The van der Waals surface area contributed by atoms with Gasteiger partial charge >= 0.3 is 5.69 Å². The van der Waals surface area contributed by atoms with Crippen molar-refractivity contribution in [3.8, 4) is 5.69 Å². The first-order valence-corrected chi connectivity index (χ1v) is 11.6. The average Bonchev–Trinajstić information content (AvgIpc) is 2.87. The molecule has 4 rings (SSSR count). The van der Waals surface area contributed by atoms with Gasteiger partial charge in [0.15, 0.2) is 0 Å². The van der Waals surface area contributed by atoms with Crippen molar-refractivity contribution in [2.75, 3.05) is 0 Å². The third kappa shape index (κ3) is 5.30. The Labute approximate surface area is 203 Å².